The molecular formula is C21H32F3N5O. The van der Waals surface area contributed by atoms with E-state index in [9.17, 15) is 18.0 Å². The number of alkyl halides is 3. The molecule has 2 rings (SSSR count). The van der Waals surface area contributed by atoms with Gasteiger partial charge < -0.3 is 15.5 Å². The number of nitrogens with one attached hydrogen (secondary N) is 2. The van der Waals surface area contributed by atoms with E-state index >= 15 is 0 Å². The van der Waals surface area contributed by atoms with Crippen LogP contribution in [0.25, 0.3) is 0 Å². The van der Waals surface area contributed by atoms with E-state index in [1.165, 1.54) is 4.90 Å². The van der Waals surface area contributed by atoms with Crippen LogP contribution in [0.3, 0.4) is 0 Å². The van der Waals surface area contributed by atoms with Gasteiger partial charge in [-0.05, 0) is 44.9 Å². The van der Waals surface area contributed by atoms with Crippen molar-refractivity contribution in [3.8, 4) is 0 Å². The summed E-state index contributed by atoms with van der Waals surface area (Å²) in [5.41, 5.74) is 1.60. The molecule has 0 radical (unpaired) electrons. The summed E-state index contributed by atoms with van der Waals surface area (Å²) in [5, 5.41) is 6.37. The monoisotopic (exact) mass is 427 g/mol. The lowest BCUT2D eigenvalue weighted by atomic mass is 10.1. The van der Waals surface area contributed by atoms with Crippen molar-refractivity contribution in [2.24, 2.45) is 4.99 Å². The third-order valence-corrected chi connectivity index (χ3v) is 5.03. The van der Waals surface area contributed by atoms with Gasteiger partial charge in [-0.25, -0.2) is 4.99 Å². The molecular weight excluding hydrogens is 395 g/mol. The normalized spacial score (nSPS) is 17.8. The summed E-state index contributed by atoms with van der Waals surface area (Å²) in [7, 11) is 0. The number of amides is 1. The maximum Gasteiger partial charge on any atom is 0.401 e. The van der Waals surface area contributed by atoms with Crippen LogP contribution in [0.15, 0.2) is 29.3 Å². The van der Waals surface area contributed by atoms with Gasteiger partial charge in [0.2, 0.25) is 0 Å². The Balaban J connectivity index is 1.94. The van der Waals surface area contributed by atoms with Gasteiger partial charge in [0.15, 0.2) is 5.96 Å². The minimum absolute atomic E-state index is 0.00898. The number of rotatable bonds is 8. The molecule has 1 saturated heterocycles. The van der Waals surface area contributed by atoms with Crippen LogP contribution in [0.5, 0.6) is 0 Å². The Bertz CT molecular complexity index is 702. The quantitative estimate of drug-likeness (QED) is 0.495. The van der Waals surface area contributed by atoms with Crippen LogP contribution < -0.4 is 10.6 Å². The van der Waals surface area contributed by atoms with Crippen molar-refractivity contribution < 1.29 is 18.0 Å². The smallest absolute Gasteiger partial charge is 0.357 e. The lowest BCUT2D eigenvalue weighted by Gasteiger charge is -2.20. The number of likely N-dealkylation sites (tertiary alicyclic amines) is 1. The minimum Gasteiger partial charge on any atom is -0.357 e. The van der Waals surface area contributed by atoms with Crippen molar-refractivity contribution in [2.45, 2.75) is 46.0 Å². The first-order valence-electron chi connectivity index (χ1n) is 10.5. The van der Waals surface area contributed by atoms with Gasteiger partial charge in [-0.1, -0.05) is 12.1 Å². The third kappa shape index (κ3) is 7.51. The lowest BCUT2D eigenvalue weighted by molar-refractivity contribution is -0.143. The number of benzene rings is 1. The van der Waals surface area contributed by atoms with Gasteiger partial charge in [0.25, 0.3) is 5.91 Å². The molecule has 2 N–H and O–H groups in total. The van der Waals surface area contributed by atoms with Gasteiger partial charge in [-0.3, -0.25) is 9.69 Å². The van der Waals surface area contributed by atoms with Crippen LogP contribution in [0.1, 0.15) is 43.1 Å². The Morgan fingerprint density at radius 3 is 2.43 bits per heavy atom. The summed E-state index contributed by atoms with van der Waals surface area (Å²) in [6.45, 7) is 8.12. The Labute approximate surface area is 176 Å². The van der Waals surface area contributed by atoms with E-state index in [1.807, 2.05) is 32.9 Å². The average molecular weight is 428 g/mol. The molecule has 1 heterocycles. The molecule has 1 atom stereocenters. The lowest BCUT2D eigenvalue weighted by Crippen LogP contribution is -2.45. The first-order chi connectivity index (χ1) is 14.3. The molecule has 1 amide bonds. The van der Waals surface area contributed by atoms with Gasteiger partial charge in [0.1, 0.15) is 0 Å². The fraction of sp³-hybridized carbons (Fsp3) is 0.619. The Kier molecular flexibility index (Phi) is 8.95. The standard InChI is InChI=1S/C21H32F3N5O/c1-4-25-20(27-18-11-12-28(14-18)15-21(22,23)24)26-13-16-7-9-17(10-8-16)19(30)29(5-2)6-3/h7-10,18H,4-6,11-15H2,1-3H3,(H2,25,26,27). The highest BCUT2D eigenvalue weighted by atomic mass is 19.4. The van der Waals surface area contributed by atoms with E-state index in [4.69, 9.17) is 0 Å². The van der Waals surface area contributed by atoms with Crippen molar-refractivity contribution in [3.05, 3.63) is 35.4 Å². The molecule has 1 aromatic rings. The summed E-state index contributed by atoms with van der Waals surface area (Å²) in [4.78, 5) is 20.1. The van der Waals surface area contributed by atoms with Crippen LogP contribution in [-0.2, 0) is 6.54 Å². The first kappa shape index (κ1) is 24.0. The molecule has 0 aliphatic carbocycles. The van der Waals surface area contributed by atoms with Gasteiger partial charge in [-0.15, -0.1) is 0 Å². The fourth-order valence-corrected chi connectivity index (χ4v) is 3.48. The van der Waals surface area contributed by atoms with E-state index in [0.29, 0.717) is 57.2 Å². The molecule has 1 fully saturated rings. The maximum absolute atomic E-state index is 12.6. The number of nitrogens with zero attached hydrogens (tertiary/aromatic N) is 3. The Morgan fingerprint density at radius 2 is 1.87 bits per heavy atom. The average Bonchev–Trinajstić information content (AvgIpc) is 3.12. The summed E-state index contributed by atoms with van der Waals surface area (Å²) in [5.74, 6) is 0.592. The molecule has 0 bridgehead atoms. The Hall–Kier alpha value is -2.29. The topological polar surface area (TPSA) is 60.0 Å². The molecule has 1 aliphatic heterocycles. The van der Waals surface area contributed by atoms with Crippen molar-refractivity contribution in [2.75, 3.05) is 39.3 Å². The highest BCUT2D eigenvalue weighted by molar-refractivity contribution is 5.94. The molecule has 0 aromatic heterocycles. The zero-order valence-corrected chi connectivity index (χ0v) is 17.9. The van der Waals surface area contributed by atoms with Gasteiger partial charge in [0.05, 0.1) is 13.1 Å². The number of carbonyl (C=O) groups is 1. The molecule has 1 unspecified atom stereocenters. The molecule has 6 nitrogen and oxygen atoms in total. The summed E-state index contributed by atoms with van der Waals surface area (Å²) in [6.07, 6.45) is -3.53. The summed E-state index contributed by atoms with van der Waals surface area (Å²) in [6, 6.07) is 7.30. The number of hydrogen-bond acceptors (Lipinski definition) is 3. The van der Waals surface area contributed by atoms with Crippen LogP contribution in [0, 0.1) is 0 Å². The van der Waals surface area contributed by atoms with Crippen LogP contribution >= 0.6 is 0 Å². The SMILES string of the molecule is CCNC(=NCc1ccc(C(=O)N(CC)CC)cc1)NC1CCN(CC(F)(F)F)C1. The highest BCUT2D eigenvalue weighted by Crippen LogP contribution is 2.20. The highest BCUT2D eigenvalue weighted by Gasteiger charge is 2.34. The minimum atomic E-state index is -4.17. The molecule has 30 heavy (non-hydrogen) atoms. The number of guanidine groups is 1. The summed E-state index contributed by atoms with van der Waals surface area (Å²) < 4.78 is 37.7. The molecule has 1 aliphatic rings. The van der Waals surface area contributed by atoms with Gasteiger partial charge in [-0.2, -0.15) is 13.2 Å². The van der Waals surface area contributed by atoms with E-state index in [2.05, 4.69) is 15.6 Å². The number of aliphatic imine (C=N–C) groups is 1. The van der Waals surface area contributed by atoms with Gasteiger partial charge in [0, 0.05) is 44.3 Å². The first-order valence-corrected chi connectivity index (χ1v) is 10.5. The maximum atomic E-state index is 12.6. The zero-order valence-electron chi connectivity index (χ0n) is 17.9. The van der Waals surface area contributed by atoms with E-state index in [1.54, 1.807) is 17.0 Å². The zero-order chi connectivity index (χ0) is 22.1. The second-order valence-corrected chi connectivity index (χ2v) is 7.35. The van der Waals surface area contributed by atoms with E-state index in [0.717, 1.165) is 5.56 Å². The third-order valence-electron chi connectivity index (χ3n) is 5.03. The number of carbonyl (C=O) groups excluding carboxylic acids is 1. The number of hydrogen-bond donors (Lipinski definition) is 2. The number of halogens is 3. The Morgan fingerprint density at radius 1 is 1.20 bits per heavy atom. The predicted molar refractivity (Wildman–Crippen MR) is 113 cm³/mol. The van der Waals surface area contributed by atoms with Crippen LogP contribution in [-0.4, -0.2) is 73.2 Å². The van der Waals surface area contributed by atoms with E-state index in [-0.39, 0.29) is 11.9 Å². The van der Waals surface area contributed by atoms with Gasteiger partial charge >= 0.3 is 6.18 Å². The van der Waals surface area contributed by atoms with Crippen molar-refractivity contribution in [1.82, 2.24) is 20.4 Å². The molecule has 0 saturated carbocycles. The molecule has 1 aromatic carbocycles. The van der Waals surface area contributed by atoms with Crippen molar-refractivity contribution >= 4 is 11.9 Å². The molecule has 0 spiro atoms. The van der Waals surface area contributed by atoms with Crippen LogP contribution in [0.4, 0.5) is 13.2 Å². The molecule has 168 valence electrons. The van der Waals surface area contributed by atoms with Crippen molar-refractivity contribution in [1.29, 1.82) is 0 Å². The predicted octanol–water partition coefficient (Wildman–Crippen LogP) is 2.86. The largest absolute Gasteiger partial charge is 0.401 e. The summed E-state index contributed by atoms with van der Waals surface area (Å²) >= 11 is 0. The molecule has 9 heteroatoms. The van der Waals surface area contributed by atoms with Crippen LogP contribution in [0.2, 0.25) is 0 Å². The van der Waals surface area contributed by atoms with Crippen molar-refractivity contribution in [3.63, 3.8) is 0 Å². The fourth-order valence-electron chi connectivity index (χ4n) is 3.48. The second kappa shape index (κ2) is 11.2. The van der Waals surface area contributed by atoms with E-state index < -0.39 is 12.7 Å². The second-order valence-electron chi connectivity index (χ2n) is 7.35.